The molecule has 1 unspecified atom stereocenters. The number of rotatable bonds is 3. The van der Waals surface area contributed by atoms with E-state index in [4.69, 9.17) is 0 Å². The minimum Gasteiger partial charge on any atom is -0.352 e. The van der Waals surface area contributed by atoms with Crippen molar-refractivity contribution >= 4 is 23.4 Å². The summed E-state index contributed by atoms with van der Waals surface area (Å²) >= 11 is 0. The standard InChI is InChI=1S/C22H30N6O/c1-17-6-8-19(9-7-17)23-22(29)27-15-13-26(14-16-27)20-10-11-21(25-24-20)28-12-4-3-5-18(28)2/h6-11,18H,3-5,12-16H2,1-2H3,(H,23,29). The van der Waals surface area contributed by atoms with Gasteiger partial charge in [0.05, 0.1) is 0 Å². The number of amides is 2. The van der Waals surface area contributed by atoms with E-state index in [0.29, 0.717) is 19.1 Å². The fourth-order valence-corrected chi connectivity index (χ4v) is 4.06. The van der Waals surface area contributed by atoms with Crippen molar-refractivity contribution in [1.82, 2.24) is 15.1 Å². The number of urea groups is 1. The minimum absolute atomic E-state index is 0.0472. The Hall–Kier alpha value is -2.83. The number of piperazine rings is 1. The molecule has 1 atom stereocenters. The Kier molecular flexibility index (Phi) is 5.83. The third-order valence-corrected chi connectivity index (χ3v) is 5.93. The zero-order chi connectivity index (χ0) is 20.2. The van der Waals surface area contributed by atoms with Gasteiger partial charge in [0.25, 0.3) is 0 Å². The number of anilines is 3. The molecule has 7 nitrogen and oxygen atoms in total. The third kappa shape index (κ3) is 4.60. The average Bonchev–Trinajstić information content (AvgIpc) is 2.76. The van der Waals surface area contributed by atoms with Gasteiger partial charge >= 0.3 is 6.03 Å². The molecule has 0 saturated carbocycles. The van der Waals surface area contributed by atoms with Crippen LogP contribution in [0.25, 0.3) is 0 Å². The highest BCUT2D eigenvalue weighted by molar-refractivity contribution is 5.89. The zero-order valence-corrected chi connectivity index (χ0v) is 17.3. The molecule has 4 rings (SSSR count). The van der Waals surface area contributed by atoms with Gasteiger partial charge in [0.15, 0.2) is 11.6 Å². The van der Waals surface area contributed by atoms with Gasteiger partial charge in [-0.15, -0.1) is 10.2 Å². The summed E-state index contributed by atoms with van der Waals surface area (Å²) in [7, 11) is 0. The van der Waals surface area contributed by atoms with Gasteiger partial charge in [-0.25, -0.2) is 4.79 Å². The normalized spacial score (nSPS) is 19.9. The Balaban J connectivity index is 1.31. The predicted octanol–water partition coefficient (Wildman–Crippen LogP) is 3.52. The van der Waals surface area contributed by atoms with Crippen LogP contribution in [0.15, 0.2) is 36.4 Å². The van der Waals surface area contributed by atoms with E-state index in [1.54, 1.807) is 0 Å². The maximum atomic E-state index is 12.5. The summed E-state index contributed by atoms with van der Waals surface area (Å²) in [6.45, 7) is 8.21. The Morgan fingerprint density at radius 1 is 0.931 bits per heavy atom. The number of hydrogen-bond acceptors (Lipinski definition) is 5. The summed E-state index contributed by atoms with van der Waals surface area (Å²) in [5.41, 5.74) is 2.01. The zero-order valence-electron chi connectivity index (χ0n) is 17.3. The summed E-state index contributed by atoms with van der Waals surface area (Å²) in [6.07, 6.45) is 3.74. The van der Waals surface area contributed by atoms with Crippen molar-refractivity contribution in [3.63, 3.8) is 0 Å². The first-order valence-corrected chi connectivity index (χ1v) is 10.6. The molecule has 29 heavy (non-hydrogen) atoms. The molecule has 2 aliphatic rings. The molecule has 0 spiro atoms. The predicted molar refractivity (Wildman–Crippen MR) is 117 cm³/mol. The van der Waals surface area contributed by atoms with Gasteiger partial charge in [0.2, 0.25) is 0 Å². The molecule has 3 heterocycles. The van der Waals surface area contributed by atoms with Gasteiger partial charge in [-0.3, -0.25) is 0 Å². The van der Waals surface area contributed by atoms with Crippen LogP contribution < -0.4 is 15.1 Å². The molecule has 2 aromatic rings. The number of nitrogens with one attached hydrogen (secondary N) is 1. The molecule has 1 aromatic carbocycles. The van der Waals surface area contributed by atoms with E-state index < -0.39 is 0 Å². The average molecular weight is 395 g/mol. The van der Waals surface area contributed by atoms with E-state index in [2.05, 4.69) is 44.4 Å². The second-order valence-corrected chi connectivity index (χ2v) is 8.06. The van der Waals surface area contributed by atoms with Gasteiger partial charge in [-0.2, -0.15) is 0 Å². The maximum Gasteiger partial charge on any atom is 0.321 e. The Morgan fingerprint density at radius 2 is 1.62 bits per heavy atom. The van der Waals surface area contributed by atoms with Gasteiger partial charge in [0.1, 0.15) is 0 Å². The van der Waals surface area contributed by atoms with Gasteiger partial charge in [0, 0.05) is 44.5 Å². The molecule has 0 bridgehead atoms. The second kappa shape index (κ2) is 8.68. The molecule has 2 amide bonds. The lowest BCUT2D eigenvalue weighted by molar-refractivity contribution is 0.208. The second-order valence-electron chi connectivity index (χ2n) is 8.06. The lowest BCUT2D eigenvalue weighted by Gasteiger charge is -2.36. The minimum atomic E-state index is -0.0472. The molecular weight excluding hydrogens is 364 g/mol. The van der Waals surface area contributed by atoms with Crippen LogP contribution in [0.1, 0.15) is 31.7 Å². The number of carbonyl (C=O) groups is 1. The van der Waals surface area contributed by atoms with Crippen molar-refractivity contribution in [3.8, 4) is 0 Å². The molecule has 154 valence electrons. The highest BCUT2D eigenvalue weighted by Gasteiger charge is 2.23. The Labute approximate surface area is 172 Å². The van der Waals surface area contributed by atoms with E-state index in [1.165, 1.54) is 24.8 Å². The van der Waals surface area contributed by atoms with E-state index >= 15 is 0 Å². The first kappa shape index (κ1) is 19.5. The molecule has 2 saturated heterocycles. The summed E-state index contributed by atoms with van der Waals surface area (Å²) < 4.78 is 0. The smallest absolute Gasteiger partial charge is 0.321 e. The van der Waals surface area contributed by atoms with Crippen LogP contribution in [0, 0.1) is 6.92 Å². The van der Waals surface area contributed by atoms with Crippen molar-refractivity contribution in [1.29, 1.82) is 0 Å². The SMILES string of the molecule is Cc1ccc(NC(=O)N2CCN(c3ccc(N4CCCCC4C)nn3)CC2)cc1. The molecule has 1 aromatic heterocycles. The number of aromatic nitrogens is 2. The van der Waals surface area contributed by atoms with Crippen molar-refractivity contribution in [2.75, 3.05) is 47.8 Å². The van der Waals surface area contributed by atoms with Crippen molar-refractivity contribution in [2.45, 2.75) is 39.2 Å². The number of nitrogens with zero attached hydrogens (tertiary/aromatic N) is 5. The van der Waals surface area contributed by atoms with Crippen molar-refractivity contribution in [2.24, 2.45) is 0 Å². The number of benzene rings is 1. The Bertz CT molecular complexity index is 814. The van der Waals surface area contributed by atoms with Gasteiger partial charge < -0.3 is 20.0 Å². The largest absolute Gasteiger partial charge is 0.352 e. The van der Waals surface area contributed by atoms with E-state index in [-0.39, 0.29) is 6.03 Å². The summed E-state index contributed by atoms with van der Waals surface area (Å²) in [5, 5.41) is 11.9. The number of aryl methyl sites for hydroxylation is 1. The Morgan fingerprint density at radius 3 is 2.28 bits per heavy atom. The lowest BCUT2D eigenvalue weighted by atomic mass is 10.0. The highest BCUT2D eigenvalue weighted by Crippen LogP contribution is 2.24. The monoisotopic (exact) mass is 394 g/mol. The topological polar surface area (TPSA) is 64.6 Å². The van der Waals surface area contributed by atoms with Gasteiger partial charge in [-0.1, -0.05) is 17.7 Å². The number of hydrogen-bond donors (Lipinski definition) is 1. The van der Waals surface area contributed by atoms with Crippen LogP contribution >= 0.6 is 0 Å². The maximum absolute atomic E-state index is 12.5. The van der Waals surface area contributed by atoms with Crippen LogP contribution in [-0.2, 0) is 0 Å². The number of piperidine rings is 1. The fraction of sp³-hybridized carbons (Fsp3) is 0.500. The van der Waals surface area contributed by atoms with E-state index in [1.807, 2.05) is 36.1 Å². The lowest BCUT2D eigenvalue weighted by Crippen LogP contribution is -2.50. The van der Waals surface area contributed by atoms with Crippen LogP contribution in [-0.4, -0.2) is 59.9 Å². The third-order valence-electron chi connectivity index (χ3n) is 5.93. The summed E-state index contributed by atoms with van der Waals surface area (Å²) in [5.74, 6) is 1.86. The number of carbonyl (C=O) groups excluding carboxylic acids is 1. The van der Waals surface area contributed by atoms with Gasteiger partial charge in [-0.05, 0) is 57.4 Å². The molecule has 7 heteroatoms. The molecule has 2 fully saturated rings. The molecule has 0 aliphatic carbocycles. The summed E-state index contributed by atoms with van der Waals surface area (Å²) in [6, 6.07) is 12.5. The van der Waals surface area contributed by atoms with E-state index in [0.717, 1.165) is 37.0 Å². The molecular formula is C22H30N6O. The highest BCUT2D eigenvalue weighted by atomic mass is 16.2. The van der Waals surface area contributed by atoms with E-state index in [9.17, 15) is 4.79 Å². The van der Waals surface area contributed by atoms with Crippen LogP contribution in [0.2, 0.25) is 0 Å². The van der Waals surface area contributed by atoms with Crippen molar-refractivity contribution < 1.29 is 4.79 Å². The summed E-state index contributed by atoms with van der Waals surface area (Å²) in [4.78, 5) is 18.9. The van der Waals surface area contributed by atoms with Crippen LogP contribution in [0.3, 0.4) is 0 Å². The quantitative estimate of drug-likeness (QED) is 0.863. The fourth-order valence-electron chi connectivity index (χ4n) is 4.06. The first-order chi connectivity index (χ1) is 14.1. The molecule has 0 radical (unpaired) electrons. The van der Waals surface area contributed by atoms with Crippen LogP contribution in [0.4, 0.5) is 22.1 Å². The molecule has 1 N–H and O–H groups in total. The van der Waals surface area contributed by atoms with Crippen molar-refractivity contribution in [3.05, 3.63) is 42.0 Å². The first-order valence-electron chi connectivity index (χ1n) is 10.6. The van der Waals surface area contributed by atoms with Crippen LogP contribution in [0.5, 0.6) is 0 Å². The molecule has 2 aliphatic heterocycles.